The normalized spacial score (nSPS) is 13.4. The second-order valence-electron chi connectivity index (χ2n) is 2.30. The molecule has 5 heteroatoms. The highest BCUT2D eigenvalue weighted by molar-refractivity contribution is 7.05. The standard InChI is InChI=1S/C6H11N3OS/c1-4-8-6(11-9-4)5(2-7)3-10/h5,10H,2-3,7H2,1H3. The Labute approximate surface area is 69.2 Å². The van der Waals surface area contributed by atoms with Crippen LogP contribution < -0.4 is 5.73 Å². The Balaban J connectivity index is 2.73. The Morgan fingerprint density at radius 1 is 1.73 bits per heavy atom. The van der Waals surface area contributed by atoms with E-state index >= 15 is 0 Å². The summed E-state index contributed by atoms with van der Waals surface area (Å²) in [6.45, 7) is 2.29. The van der Waals surface area contributed by atoms with E-state index < -0.39 is 0 Å². The molecule has 0 aliphatic heterocycles. The fourth-order valence-electron chi connectivity index (χ4n) is 0.732. The molecule has 62 valence electrons. The summed E-state index contributed by atoms with van der Waals surface area (Å²) in [4.78, 5) is 4.12. The minimum absolute atomic E-state index is 0.0406. The number of hydrogen-bond acceptors (Lipinski definition) is 5. The van der Waals surface area contributed by atoms with Crippen LogP contribution in [-0.2, 0) is 0 Å². The van der Waals surface area contributed by atoms with E-state index in [1.807, 2.05) is 6.92 Å². The smallest absolute Gasteiger partial charge is 0.139 e. The summed E-state index contributed by atoms with van der Waals surface area (Å²) in [5.74, 6) is 0.707. The van der Waals surface area contributed by atoms with Crippen molar-refractivity contribution in [3.63, 3.8) is 0 Å². The van der Waals surface area contributed by atoms with E-state index in [0.717, 1.165) is 10.8 Å². The number of aliphatic hydroxyl groups excluding tert-OH is 1. The van der Waals surface area contributed by atoms with Crippen molar-refractivity contribution in [2.75, 3.05) is 13.2 Å². The maximum atomic E-state index is 8.85. The van der Waals surface area contributed by atoms with Gasteiger partial charge in [0.2, 0.25) is 0 Å². The average Bonchev–Trinajstić information content (AvgIpc) is 2.39. The average molecular weight is 173 g/mol. The van der Waals surface area contributed by atoms with Crippen LogP contribution >= 0.6 is 11.5 Å². The van der Waals surface area contributed by atoms with Gasteiger partial charge in [-0.1, -0.05) is 0 Å². The zero-order valence-electron chi connectivity index (χ0n) is 6.32. The summed E-state index contributed by atoms with van der Waals surface area (Å²) in [6.07, 6.45) is 0. The third kappa shape index (κ3) is 1.95. The first-order chi connectivity index (χ1) is 5.27. The number of rotatable bonds is 3. The first kappa shape index (κ1) is 8.58. The Hall–Kier alpha value is -0.520. The maximum Gasteiger partial charge on any atom is 0.139 e. The minimum Gasteiger partial charge on any atom is -0.396 e. The van der Waals surface area contributed by atoms with Crippen LogP contribution in [0.3, 0.4) is 0 Å². The number of nitrogens with two attached hydrogens (primary N) is 1. The van der Waals surface area contributed by atoms with Crippen molar-refractivity contribution < 1.29 is 5.11 Å². The van der Waals surface area contributed by atoms with Crippen molar-refractivity contribution in [2.24, 2.45) is 5.73 Å². The molecule has 0 amide bonds. The lowest BCUT2D eigenvalue weighted by Gasteiger charge is -2.04. The van der Waals surface area contributed by atoms with Crippen molar-refractivity contribution >= 4 is 11.5 Å². The summed E-state index contributed by atoms with van der Waals surface area (Å²) < 4.78 is 4.00. The number of aliphatic hydroxyl groups is 1. The molecule has 1 rings (SSSR count). The number of aromatic nitrogens is 2. The van der Waals surface area contributed by atoms with Gasteiger partial charge in [-0.2, -0.15) is 4.37 Å². The van der Waals surface area contributed by atoms with Gasteiger partial charge < -0.3 is 10.8 Å². The second-order valence-corrected chi connectivity index (χ2v) is 3.08. The second kappa shape index (κ2) is 3.75. The molecule has 0 aliphatic carbocycles. The highest BCUT2D eigenvalue weighted by Gasteiger charge is 2.12. The lowest BCUT2D eigenvalue weighted by Crippen LogP contribution is -2.15. The lowest BCUT2D eigenvalue weighted by molar-refractivity contribution is 0.267. The van der Waals surface area contributed by atoms with Gasteiger partial charge in [0.05, 0.1) is 6.61 Å². The molecule has 4 nitrogen and oxygen atoms in total. The summed E-state index contributed by atoms with van der Waals surface area (Å²) >= 11 is 1.31. The van der Waals surface area contributed by atoms with Gasteiger partial charge in [-0.3, -0.25) is 0 Å². The molecule has 0 aromatic carbocycles. The summed E-state index contributed by atoms with van der Waals surface area (Å²) in [6, 6.07) is 0. The van der Waals surface area contributed by atoms with Crippen LogP contribution in [0.2, 0.25) is 0 Å². The van der Waals surface area contributed by atoms with Gasteiger partial charge in [0, 0.05) is 12.5 Å². The van der Waals surface area contributed by atoms with E-state index in [2.05, 4.69) is 9.36 Å². The van der Waals surface area contributed by atoms with Gasteiger partial charge in [-0.05, 0) is 18.5 Å². The van der Waals surface area contributed by atoms with Gasteiger partial charge in [0.25, 0.3) is 0 Å². The molecule has 1 aromatic rings. The quantitative estimate of drug-likeness (QED) is 0.668. The van der Waals surface area contributed by atoms with E-state index in [-0.39, 0.29) is 12.5 Å². The predicted octanol–water partition coefficient (Wildman–Crippen LogP) is -0.119. The molecular formula is C6H11N3OS. The molecule has 0 bridgehead atoms. The van der Waals surface area contributed by atoms with Crippen molar-refractivity contribution in [3.05, 3.63) is 10.8 Å². The van der Waals surface area contributed by atoms with Gasteiger partial charge >= 0.3 is 0 Å². The van der Waals surface area contributed by atoms with E-state index in [4.69, 9.17) is 10.8 Å². The molecule has 0 spiro atoms. The van der Waals surface area contributed by atoms with Gasteiger partial charge in [-0.25, -0.2) is 4.98 Å². The van der Waals surface area contributed by atoms with Gasteiger partial charge in [-0.15, -0.1) is 0 Å². The van der Waals surface area contributed by atoms with Crippen LogP contribution in [-0.4, -0.2) is 27.6 Å². The molecule has 1 atom stereocenters. The fraction of sp³-hybridized carbons (Fsp3) is 0.667. The zero-order valence-corrected chi connectivity index (χ0v) is 7.14. The molecule has 1 aromatic heterocycles. The van der Waals surface area contributed by atoms with Crippen molar-refractivity contribution in [1.82, 2.24) is 9.36 Å². The van der Waals surface area contributed by atoms with Crippen molar-refractivity contribution in [2.45, 2.75) is 12.8 Å². The van der Waals surface area contributed by atoms with Crippen LogP contribution in [0.4, 0.5) is 0 Å². The maximum absolute atomic E-state index is 8.85. The van der Waals surface area contributed by atoms with Crippen LogP contribution in [0, 0.1) is 6.92 Å². The number of hydrogen-bond donors (Lipinski definition) is 2. The third-order valence-corrected chi connectivity index (χ3v) is 2.36. The monoisotopic (exact) mass is 173 g/mol. The van der Waals surface area contributed by atoms with Gasteiger partial charge in [0.1, 0.15) is 10.8 Å². The van der Waals surface area contributed by atoms with Crippen LogP contribution in [0.1, 0.15) is 16.7 Å². The molecular weight excluding hydrogens is 162 g/mol. The molecule has 0 aliphatic rings. The molecule has 0 saturated heterocycles. The molecule has 3 N–H and O–H groups in total. The number of aryl methyl sites for hydroxylation is 1. The van der Waals surface area contributed by atoms with Crippen molar-refractivity contribution in [3.8, 4) is 0 Å². The Kier molecular flexibility index (Phi) is 2.92. The number of nitrogens with zero attached hydrogens (tertiary/aromatic N) is 2. The van der Waals surface area contributed by atoms with Crippen LogP contribution in [0.25, 0.3) is 0 Å². The molecule has 0 fully saturated rings. The fourth-order valence-corrected chi connectivity index (χ4v) is 1.49. The molecule has 0 radical (unpaired) electrons. The molecule has 11 heavy (non-hydrogen) atoms. The third-order valence-electron chi connectivity index (χ3n) is 1.40. The largest absolute Gasteiger partial charge is 0.396 e. The first-order valence-corrected chi connectivity index (χ1v) is 4.16. The summed E-state index contributed by atoms with van der Waals surface area (Å²) in [7, 11) is 0. The topological polar surface area (TPSA) is 72.0 Å². The summed E-state index contributed by atoms with van der Waals surface area (Å²) in [5, 5.41) is 9.67. The van der Waals surface area contributed by atoms with E-state index in [0.29, 0.717) is 6.54 Å². The van der Waals surface area contributed by atoms with E-state index in [1.165, 1.54) is 11.5 Å². The Morgan fingerprint density at radius 2 is 2.45 bits per heavy atom. The SMILES string of the molecule is Cc1nsc(C(CN)CO)n1. The molecule has 1 heterocycles. The Bertz CT molecular complexity index is 221. The highest BCUT2D eigenvalue weighted by atomic mass is 32.1. The highest BCUT2D eigenvalue weighted by Crippen LogP contribution is 2.15. The zero-order chi connectivity index (χ0) is 8.27. The van der Waals surface area contributed by atoms with Gasteiger partial charge in [0.15, 0.2) is 0 Å². The molecule has 1 unspecified atom stereocenters. The first-order valence-electron chi connectivity index (χ1n) is 3.39. The molecule has 0 saturated carbocycles. The minimum atomic E-state index is -0.0406. The predicted molar refractivity (Wildman–Crippen MR) is 43.5 cm³/mol. The summed E-state index contributed by atoms with van der Waals surface area (Å²) in [5.41, 5.74) is 5.40. The van der Waals surface area contributed by atoms with Crippen LogP contribution in [0.15, 0.2) is 0 Å². The Morgan fingerprint density at radius 3 is 2.82 bits per heavy atom. The van der Waals surface area contributed by atoms with E-state index in [9.17, 15) is 0 Å². The lowest BCUT2D eigenvalue weighted by atomic mass is 10.2. The van der Waals surface area contributed by atoms with Crippen LogP contribution in [0.5, 0.6) is 0 Å². The van der Waals surface area contributed by atoms with E-state index in [1.54, 1.807) is 0 Å². The van der Waals surface area contributed by atoms with Crippen molar-refractivity contribution in [1.29, 1.82) is 0 Å².